The maximum absolute atomic E-state index is 13.6. The Hall–Kier alpha value is -3.41. The number of rotatable bonds is 6. The molecular formula is C25H21ClF3N3O4S. The van der Waals surface area contributed by atoms with Crippen LogP contribution in [0.4, 0.5) is 13.2 Å². The number of benzene rings is 3. The summed E-state index contributed by atoms with van der Waals surface area (Å²) < 4.78 is 72.9. The standard InChI is InChI=1S/C25H21ClF3N3O4S/c1-15(31(2)37(34,35)20-11-4-16(5-12-20)25(27,28)29)23-30-22-13-6-17(26)14-21(22)24(33)32(23)18-7-9-19(36-3)10-8-18/h4-15H,1-3H3. The van der Waals surface area contributed by atoms with Crippen molar-refractivity contribution in [2.75, 3.05) is 14.2 Å². The number of nitrogens with zero attached hydrogens (tertiary/aromatic N) is 3. The summed E-state index contributed by atoms with van der Waals surface area (Å²) in [4.78, 5) is 17.8. The Bertz CT molecular complexity index is 1620. The molecule has 0 amide bonds. The van der Waals surface area contributed by atoms with Crippen molar-refractivity contribution < 1.29 is 26.3 Å². The topological polar surface area (TPSA) is 81.5 Å². The minimum absolute atomic E-state index is 0.1000. The van der Waals surface area contributed by atoms with Gasteiger partial charge in [-0.25, -0.2) is 13.4 Å². The van der Waals surface area contributed by atoms with Crippen LogP contribution in [-0.4, -0.2) is 36.4 Å². The molecule has 1 heterocycles. The number of halogens is 4. The predicted octanol–water partition coefficient (Wildman–Crippen LogP) is 5.45. The van der Waals surface area contributed by atoms with Crippen LogP contribution in [0.15, 0.2) is 76.4 Å². The molecule has 3 aromatic carbocycles. The van der Waals surface area contributed by atoms with Gasteiger partial charge in [-0.2, -0.15) is 17.5 Å². The molecule has 194 valence electrons. The van der Waals surface area contributed by atoms with Crippen LogP contribution in [-0.2, 0) is 16.2 Å². The SMILES string of the molecule is COc1ccc(-n2c(C(C)N(C)S(=O)(=O)c3ccc(C(F)(F)F)cc3)nc3ccc(Cl)cc3c2=O)cc1. The van der Waals surface area contributed by atoms with Gasteiger partial charge in [0, 0.05) is 12.1 Å². The van der Waals surface area contributed by atoms with Gasteiger partial charge in [0.15, 0.2) is 0 Å². The predicted molar refractivity (Wildman–Crippen MR) is 134 cm³/mol. The first-order valence-corrected chi connectivity index (χ1v) is 12.7. The molecule has 4 rings (SSSR count). The molecule has 0 saturated carbocycles. The van der Waals surface area contributed by atoms with E-state index >= 15 is 0 Å². The molecule has 1 unspecified atom stereocenters. The first-order valence-electron chi connectivity index (χ1n) is 10.9. The van der Waals surface area contributed by atoms with Gasteiger partial charge in [0.05, 0.1) is 40.2 Å². The number of ether oxygens (including phenoxy) is 1. The quantitative estimate of drug-likeness (QED) is 0.318. The molecule has 0 radical (unpaired) electrons. The number of fused-ring (bicyclic) bond motifs is 1. The lowest BCUT2D eigenvalue weighted by Crippen LogP contribution is -2.35. The van der Waals surface area contributed by atoms with Crippen molar-refractivity contribution in [1.82, 2.24) is 13.9 Å². The van der Waals surface area contributed by atoms with Crippen LogP contribution in [0.5, 0.6) is 5.75 Å². The molecule has 0 spiro atoms. The van der Waals surface area contributed by atoms with Crippen molar-refractivity contribution in [2.45, 2.75) is 24.0 Å². The smallest absolute Gasteiger partial charge is 0.416 e. The van der Waals surface area contributed by atoms with Crippen molar-refractivity contribution in [2.24, 2.45) is 0 Å². The van der Waals surface area contributed by atoms with Gasteiger partial charge in [0.2, 0.25) is 10.0 Å². The second-order valence-electron chi connectivity index (χ2n) is 8.19. The van der Waals surface area contributed by atoms with E-state index in [0.29, 0.717) is 34.1 Å². The van der Waals surface area contributed by atoms with Gasteiger partial charge in [0.1, 0.15) is 11.6 Å². The van der Waals surface area contributed by atoms with Crippen LogP contribution < -0.4 is 10.3 Å². The molecule has 1 atom stereocenters. The third-order valence-electron chi connectivity index (χ3n) is 5.96. The molecule has 4 aromatic rings. The van der Waals surface area contributed by atoms with E-state index < -0.39 is 33.4 Å². The summed E-state index contributed by atoms with van der Waals surface area (Å²) in [5.41, 5.74) is -0.728. The molecule has 0 N–H and O–H groups in total. The van der Waals surface area contributed by atoms with Crippen LogP contribution in [0.25, 0.3) is 16.6 Å². The Labute approximate surface area is 215 Å². The minimum Gasteiger partial charge on any atom is -0.497 e. The number of hydrogen-bond donors (Lipinski definition) is 0. The van der Waals surface area contributed by atoms with E-state index in [-0.39, 0.29) is 16.1 Å². The number of methoxy groups -OCH3 is 1. The maximum Gasteiger partial charge on any atom is 0.416 e. The zero-order valence-electron chi connectivity index (χ0n) is 19.8. The average molecular weight is 552 g/mol. The zero-order chi connectivity index (χ0) is 27.1. The Balaban J connectivity index is 1.86. The number of aromatic nitrogens is 2. The molecule has 0 aliphatic rings. The molecular weight excluding hydrogens is 531 g/mol. The fourth-order valence-electron chi connectivity index (χ4n) is 3.79. The fourth-order valence-corrected chi connectivity index (χ4v) is 5.28. The van der Waals surface area contributed by atoms with E-state index in [2.05, 4.69) is 4.98 Å². The van der Waals surface area contributed by atoms with E-state index in [1.165, 1.54) is 31.7 Å². The highest BCUT2D eigenvalue weighted by Crippen LogP contribution is 2.32. The first-order chi connectivity index (χ1) is 17.3. The van der Waals surface area contributed by atoms with Gasteiger partial charge in [-0.3, -0.25) is 9.36 Å². The fraction of sp³-hybridized carbons (Fsp3) is 0.200. The molecule has 0 fully saturated rings. The summed E-state index contributed by atoms with van der Waals surface area (Å²) in [6.07, 6.45) is -4.60. The summed E-state index contributed by atoms with van der Waals surface area (Å²) >= 11 is 6.10. The molecule has 12 heteroatoms. The molecule has 0 aliphatic carbocycles. The van der Waals surface area contributed by atoms with Crippen molar-refractivity contribution in [1.29, 1.82) is 0 Å². The van der Waals surface area contributed by atoms with Gasteiger partial charge < -0.3 is 4.74 Å². The molecule has 1 aromatic heterocycles. The van der Waals surface area contributed by atoms with Crippen molar-refractivity contribution in [3.05, 3.63) is 93.5 Å². The summed E-state index contributed by atoms with van der Waals surface area (Å²) in [6, 6.07) is 13.3. The highest BCUT2D eigenvalue weighted by Gasteiger charge is 2.33. The summed E-state index contributed by atoms with van der Waals surface area (Å²) in [6.45, 7) is 1.53. The van der Waals surface area contributed by atoms with E-state index in [1.54, 1.807) is 36.4 Å². The van der Waals surface area contributed by atoms with Crippen molar-refractivity contribution >= 4 is 32.5 Å². The molecule has 0 saturated heterocycles. The normalized spacial score (nSPS) is 13.2. The zero-order valence-corrected chi connectivity index (χ0v) is 21.4. The average Bonchev–Trinajstić information content (AvgIpc) is 2.87. The largest absolute Gasteiger partial charge is 0.497 e. The first kappa shape index (κ1) is 26.6. The van der Waals surface area contributed by atoms with E-state index in [9.17, 15) is 26.4 Å². The van der Waals surface area contributed by atoms with Gasteiger partial charge in [-0.05, 0) is 73.7 Å². The van der Waals surface area contributed by atoms with Gasteiger partial charge in [-0.1, -0.05) is 11.6 Å². The lowest BCUT2D eigenvalue weighted by molar-refractivity contribution is -0.137. The second-order valence-corrected chi connectivity index (χ2v) is 10.6. The second kappa shape index (κ2) is 9.81. The van der Waals surface area contributed by atoms with E-state index in [4.69, 9.17) is 16.3 Å². The summed E-state index contributed by atoms with van der Waals surface area (Å²) in [5.74, 6) is 0.646. The van der Waals surface area contributed by atoms with E-state index in [1.807, 2.05) is 0 Å². The monoisotopic (exact) mass is 551 g/mol. The van der Waals surface area contributed by atoms with Gasteiger partial charge in [0.25, 0.3) is 5.56 Å². The van der Waals surface area contributed by atoms with Crippen LogP contribution in [0.1, 0.15) is 24.4 Å². The Kier molecular flexibility index (Phi) is 7.06. The number of alkyl halides is 3. The highest BCUT2D eigenvalue weighted by molar-refractivity contribution is 7.89. The van der Waals surface area contributed by atoms with Crippen LogP contribution in [0, 0.1) is 0 Å². The molecule has 37 heavy (non-hydrogen) atoms. The van der Waals surface area contributed by atoms with E-state index in [0.717, 1.165) is 16.4 Å². The molecule has 0 bridgehead atoms. The van der Waals surface area contributed by atoms with Crippen molar-refractivity contribution in [3.63, 3.8) is 0 Å². The Morgan fingerprint density at radius 3 is 2.22 bits per heavy atom. The molecule has 7 nitrogen and oxygen atoms in total. The maximum atomic E-state index is 13.6. The van der Waals surface area contributed by atoms with Crippen LogP contribution in [0.3, 0.4) is 0 Å². The molecule has 0 aliphatic heterocycles. The van der Waals surface area contributed by atoms with Crippen molar-refractivity contribution in [3.8, 4) is 11.4 Å². The van der Waals surface area contributed by atoms with Gasteiger partial charge in [-0.15, -0.1) is 0 Å². The Morgan fingerprint density at radius 2 is 1.65 bits per heavy atom. The van der Waals surface area contributed by atoms with Crippen LogP contribution in [0.2, 0.25) is 5.02 Å². The minimum atomic E-state index is -4.60. The third kappa shape index (κ3) is 5.07. The lowest BCUT2D eigenvalue weighted by atomic mass is 10.2. The van der Waals surface area contributed by atoms with Gasteiger partial charge >= 0.3 is 6.18 Å². The summed E-state index contributed by atoms with van der Waals surface area (Å²) in [5, 5.41) is 0.558. The Morgan fingerprint density at radius 1 is 1.03 bits per heavy atom. The highest BCUT2D eigenvalue weighted by atomic mass is 35.5. The van der Waals surface area contributed by atoms with Crippen LogP contribution >= 0.6 is 11.6 Å². The third-order valence-corrected chi connectivity index (χ3v) is 8.14. The lowest BCUT2D eigenvalue weighted by Gasteiger charge is -2.26. The number of sulfonamides is 1. The summed E-state index contributed by atoms with van der Waals surface area (Å²) in [7, 11) is -1.49. The number of hydrogen-bond acceptors (Lipinski definition) is 5.